The lowest BCUT2D eigenvalue weighted by molar-refractivity contribution is 0.209. The lowest BCUT2D eigenvalue weighted by Crippen LogP contribution is -2.08. The number of carboxylic acid groups (broad SMARTS) is 1. The quantitative estimate of drug-likeness (QED) is 0.626. The van der Waals surface area contributed by atoms with E-state index in [0.29, 0.717) is 0 Å². The van der Waals surface area contributed by atoms with Gasteiger partial charge < -0.3 is 5.11 Å². The van der Waals surface area contributed by atoms with Gasteiger partial charge in [-0.2, -0.15) is 0 Å². The van der Waals surface area contributed by atoms with Crippen molar-refractivity contribution >= 4 is 23.5 Å². The van der Waals surface area contributed by atoms with Gasteiger partial charge in [-0.15, -0.1) is 0 Å². The third-order valence-electron chi connectivity index (χ3n) is 0.869. The Balaban J connectivity index is 2.79. The van der Waals surface area contributed by atoms with E-state index in [1.807, 2.05) is 5.32 Å². The van der Waals surface area contributed by atoms with E-state index in [-0.39, 0.29) is 11.0 Å². The van der Waals surface area contributed by atoms with E-state index in [2.05, 4.69) is 9.97 Å². The largest absolute Gasteiger partial charge is 0.465 e. The van der Waals surface area contributed by atoms with Crippen molar-refractivity contribution in [2.45, 2.75) is 0 Å². The zero-order valence-corrected chi connectivity index (χ0v) is 6.04. The monoisotopic (exact) mass is 173 g/mol. The average Bonchev–Trinajstić information content (AvgIpc) is 1.85. The van der Waals surface area contributed by atoms with Crippen LogP contribution in [0, 0.1) is 0 Å². The van der Waals surface area contributed by atoms with Gasteiger partial charge in [0, 0.05) is 6.07 Å². The first-order chi connectivity index (χ1) is 5.18. The molecule has 0 fully saturated rings. The molecule has 1 aromatic rings. The number of amides is 1. The molecule has 6 heteroatoms. The highest BCUT2D eigenvalue weighted by Gasteiger charge is 1.98. The average molecular weight is 174 g/mol. The molecule has 0 atom stereocenters. The van der Waals surface area contributed by atoms with Crippen LogP contribution in [0.25, 0.3) is 0 Å². The van der Waals surface area contributed by atoms with Crippen molar-refractivity contribution in [3.8, 4) is 0 Å². The van der Waals surface area contributed by atoms with Crippen LogP contribution < -0.4 is 5.32 Å². The topological polar surface area (TPSA) is 75.1 Å². The summed E-state index contributed by atoms with van der Waals surface area (Å²) in [5.74, 6) is 0.164. The van der Waals surface area contributed by atoms with E-state index in [4.69, 9.17) is 16.7 Å². The van der Waals surface area contributed by atoms with Crippen molar-refractivity contribution in [3.05, 3.63) is 17.5 Å². The first-order valence-corrected chi connectivity index (χ1v) is 3.04. The van der Waals surface area contributed by atoms with Gasteiger partial charge >= 0.3 is 6.09 Å². The third-order valence-corrected chi connectivity index (χ3v) is 1.08. The van der Waals surface area contributed by atoms with Gasteiger partial charge in [0.05, 0.1) is 0 Å². The molecule has 0 aliphatic carbocycles. The lowest BCUT2D eigenvalue weighted by atomic mass is 10.6. The number of nitrogens with zero attached hydrogens (tertiary/aromatic N) is 2. The fourth-order valence-electron chi connectivity index (χ4n) is 0.511. The molecule has 0 bridgehead atoms. The van der Waals surface area contributed by atoms with E-state index >= 15 is 0 Å². The maximum Gasteiger partial charge on any atom is 0.410 e. The standard InChI is InChI=1S/C5H4ClN3O2/c6-3-1-4(8-2-7-3)9-5(10)11/h1-2H,(H,10,11)(H,7,8,9). The van der Waals surface area contributed by atoms with Gasteiger partial charge in [-0.3, -0.25) is 5.32 Å². The van der Waals surface area contributed by atoms with E-state index in [1.165, 1.54) is 12.4 Å². The van der Waals surface area contributed by atoms with Crippen LogP contribution in [0.2, 0.25) is 5.15 Å². The van der Waals surface area contributed by atoms with Crippen LogP contribution in [0.5, 0.6) is 0 Å². The number of halogens is 1. The fraction of sp³-hybridized carbons (Fsp3) is 0. The number of carbonyl (C=O) groups is 1. The minimum absolute atomic E-state index is 0.164. The molecule has 1 amide bonds. The van der Waals surface area contributed by atoms with Crippen molar-refractivity contribution in [3.63, 3.8) is 0 Å². The zero-order chi connectivity index (χ0) is 8.27. The first-order valence-electron chi connectivity index (χ1n) is 2.66. The van der Waals surface area contributed by atoms with Crippen LogP contribution in [-0.2, 0) is 0 Å². The molecule has 2 N–H and O–H groups in total. The van der Waals surface area contributed by atoms with Gasteiger partial charge in [-0.1, -0.05) is 11.6 Å². The summed E-state index contributed by atoms with van der Waals surface area (Å²) in [5.41, 5.74) is 0. The Hall–Kier alpha value is -1.36. The van der Waals surface area contributed by atoms with Gasteiger partial charge in [0.15, 0.2) is 0 Å². The molecule has 0 aromatic carbocycles. The first kappa shape index (κ1) is 7.74. The Labute approximate surface area is 67.0 Å². The molecule has 0 spiro atoms. The highest BCUT2D eigenvalue weighted by Crippen LogP contribution is 2.07. The van der Waals surface area contributed by atoms with Gasteiger partial charge in [-0.25, -0.2) is 14.8 Å². The van der Waals surface area contributed by atoms with E-state index in [9.17, 15) is 4.79 Å². The third kappa shape index (κ3) is 2.38. The van der Waals surface area contributed by atoms with Crippen LogP contribution >= 0.6 is 11.6 Å². The number of rotatable bonds is 1. The van der Waals surface area contributed by atoms with Gasteiger partial charge in [-0.05, 0) is 0 Å². The van der Waals surface area contributed by atoms with Crippen molar-refractivity contribution in [1.82, 2.24) is 9.97 Å². The molecule has 1 heterocycles. The molecule has 0 aliphatic heterocycles. The highest BCUT2D eigenvalue weighted by atomic mass is 35.5. The number of hydrogen-bond acceptors (Lipinski definition) is 3. The summed E-state index contributed by atoms with van der Waals surface area (Å²) in [7, 11) is 0. The molecule has 1 rings (SSSR count). The Morgan fingerprint density at radius 2 is 2.36 bits per heavy atom. The molecule has 1 aromatic heterocycles. The number of anilines is 1. The summed E-state index contributed by atoms with van der Waals surface area (Å²) in [6, 6.07) is 1.32. The molecule has 0 saturated carbocycles. The predicted octanol–water partition coefficient (Wildman–Crippen LogP) is 1.22. The molecule has 0 aliphatic rings. The van der Waals surface area contributed by atoms with Crippen molar-refractivity contribution < 1.29 is 9.90 Å². The van der Waals surface area contributed by atoms with Crippen LogP contribution in [0.3, 0.4) is 0 Å². The van der Waals surface area contributed by atoms with Crippen LogP contribution in [0.1, 0.15) is 0 Å². The maximum absolute atomic E-state index is 10.1. The summed E-state index contributed by atoms with van der Waals surface area (Å²) in [4.78, 5) is 17.2. The Morgan fingerprint density at radius 1 is 1.64 bits per heavy atom. The molecular formula is C5H4ClN3O2. The number of hydrogen-bond donors (Lipinski definition) is 2. The normalized spacial score (nSPS) is 9.18. The second-order valence-corrected chi connectivity index (χ2v) is 2.04. The minimum atomic E-state index is -1.18. The summed E-state index contributed by atoms with van der Waals surface area (Å²) >= 11 is 5.44. The Kier molecular flexibility index (Phi) is 2.22. The van der Waals surface area contributed by atoms with Gasteiger partial charge in [0.2, 0.25) is 0 Å². The van der Waals surface area contributed by atoms with Crippen LogP contribution in [-0.4, -0.2) is 21.2 Å². The Bertz CT molecular complexity index is 278. The summed E-state index contributed by atoms with van der Waals surface area (Å²) in [5, 5.41) is 10.5. The summed E-state index contributed by atoms with van der Waals surface area (Å²) in [6.45, 7) is 0. The van der Waals surface area contributed by atoms with E-state index in [0.717, 1.165) is 0 Å². The second-order valence-electron chi connectivity index (χ2n) is 1.66. The molecule has 5 nitrogen and oxygen atoms in total. The molecule has 58 valence electrons. The van der Waals surface area contributed by atoms with Gasteiger partial charge in [0.1, 0.15) is 17.3 Å². The van der Waals surface area contributed by atoms with Gasteiger partial charge in [0.25, 0.3) is 0 Å². The van der Waals surface area contributed by atoms with Crippen molar-refractivity contribution in [1.29, 1.82) is 0 Å². The SMILES string of the molecule is O=C(O)Nc1cc(Cl)ncn1. The van der Waals surface area contributed by atoms with Crippen LogP contribution in [0.15, 0.2) is 12.4 Å². The van der Waals surface area contributed by atoms with Crippen molar-refractivity contribution in [2.75, 3.05) is 5.32 Å². The summed E-state index contributed by atoms with van der Waals surface area (Å²) < 4.78 is 0. The lowest BCUT2D eigenvalue weighted by Gasteiger charge is -1.97. The van der Waals surface area contributed by atoms with Crippen LogP contribution in [0.4, 0.5) is 10.6 Å². The molecule has 11 heavy (non-hydrogen) atoms. The number of nitrogens with one attached hydrogen (secondary N) is 1. The second kappa shape index (κ2) is 3.16. The zero-order valence-electron chi connectivity index (χ0n) is 5.28. The van der Waals surface area contributed by atoms with E-state index in [1.54, 1.807) is 0 Å². The smallest absolute Gasteiger partial charge is 0.410 e. The fourth-order valence-corrected chi connectivity index (χ4v) is 0.658. The predicted molar refractivity (Wildman–Crippen MR) is 38.7 cm³/mol. The maximum atomic E-state index is 10.1. The number of aromatic nitrogens is 2. The Morgan fingerprint density at radius 3 is 2.91 bits per heavy atom. The molecule has 0 saturated heterocycles. The molecule has 0 radical (unpaired) electrons. The molecular weight excluding hydrogens is 170 g/mol. The van der Waals surface area contributed by atoms with Crippen molar-refractivity contribution in [2.24, 2.45) is 0 Å². The highest BCUT2D eigenvalue weighted by molar-refractivity contribution is 6.29. The summed E-state index contributed by atoms with van der Waals surface area (Å²) in [6.07, 6.45) is -0.00656. The minimum Gasteiger partial charge on any atom is -0.465 e. The molecule has 0 unspecified atom stereocenters. The van der Waals surface area contributed by atoms with E-state index < -0.39 is 6.09 Å².